The van der Waals surface area contributed by atoms with Gasteiger partial charge in [-0.15, -0.1) is 0 Å². The van der Waals surface area contributed by atoms with Crippen LogP contribution in [0.4, 0.5) is 4.79 Å². The Balaban J connectivity index is 2.06. The Labute approximate surface area is 234 Å². The predicted octanol–water partition coefficient (Wildman–Crippen LogP) is 5.17. The van der Waals surface area contributed by atoms with Crippen LogP contribution < -0.4 is 0 Å². The van der Waals surface area contributed by atoms with E-state index >= 15 is 0 Å². The Hall–Kier alpha value is -2.03. The Bertz CT molecular complexity index is 1050. The minimum absolute atomic E-state index is 0.0397. The number of hydroxylamine groups is 2. The number of carbonyl (C=O) groups is 2. The first-order chi connectivity index (χ1) is 18.0. The fraction of sp³-hybridized carbons (Fsp3) is 0.643. The van der Waals surface area contributed by atoms with Gasteiger partial charge in [-0.2, -0.15) is 0 Å². The van der Waals surface area contributed by atoms with E-state index in [4.69, 9.17) is 23.2 Å². The number of β-lactam (4-membered cyclic amide) rings is 1. The highest BCUT2D eigenvalue weighted by molar-refractivity contribution is 6.74. The van der Waals surface area contributed by atoms with Gasteiger partial charge >= 0.3 is 6.16 Å². The van der Waals surface area contributed by atoms with Gasteiger partial charge in [-0.3, -0.25) is 9.63 Å². The topological polar surface area (TPSA) is 104 Å². The number of ether oxygens (including phenoxy) is 2. The molecule has 1 heterocycles. The van der Waals surface area contributed by atoms with Crippen LogP contribution in [-0.4, -0.2) is 75.9 Å². The van der Waals surface area contributed by atoms with E-state index in [1.165, 1.54) is 5.06 Å². The zero-order valence-electron chi connectivity index (χ0n) is 24.8. The van der Waals surface area contributed by atoms with Gasteiger partial charge in [0.1, 0.15) is 31.0 Å². The van der Waals surface area contributed by atoms with Crippen molar-refractivity contribution in [3.63, 3.8) is 0 Å². The highest BCUT2D eigenvalue weighted by atomic mass is 28.4. The third kappa shape index (κ3) is 7.01. The molecule has 11 heteroatoms. The summed E-state index contributed by atoms with van der Waals surface area (Å²) in [6, 6.07) is 9.55. The lowest BCUT2D eigenvalue weighted by atomic mass is 9.69. The molecule has 39 heavy (non-hydrogen) atoms. The first-order valence-electron chi connectivity index (χ1n) is 13.6. The fourth-order valence-electron chi connectivity index (χ4n) is 4.55. The summed E-state index contributed by atoms with van der Waals surface area (Å²) in [5, 5.41) is 12.8. The Kier molecular flexibility index (Phi) is 9.56. The molecule has 0 aromatic heterocycles. The summed E-state index contributed by atoms with van der Waals surface area (Å²) in [5.41, 5.74) is 0.289. The summed E-state index contributed by atoms with van der Waals surface area (Å²) >= 11 is 0. The number of nitrogens with zero attached hydrogens (tertiary/aromatic N) is 1. The molecule has 1 fully saturated rings. The third-order valence-electron chi connectivity index (χ3n) is 7.59. The van der Waals surface area contributed by atoms with Gasteiger partial charge in [0, 0.05) is 0 Å². The maximum atomic E-state index is 13.0. The number of hydrogen-bond acceptors (Lipinski definition) is 8. The van der Waals surface area contributed by atoms with Crippen molar-refractivity contribution in [2.45, 2.75) is 102 Å². The molecule has 1 spiro atoms. The van der Waals surface area contributed by atoms with Gasteiger partial charge in [0.2, 0.25) is 5.91 Å². The molecule has 4 atom stereocenters. The van der Waals surface area contributed by atoms with Crippen molar-refractivity contribution in [1.82, 2.24) is 5.06 Å². The molecule has 0 saturated carbocycles. The SMILES string of the molecule is CCOC(=O)OCC1=C[C@@H](O)[C@]2(CC(=O)N2OCc2ccccc2)[C@H](O[Si](C)(C)C)[C@@H]1O[Si](C)(C)C(C)(C)C. The monoisotopic (exact) mass is 579 g/mol. The molecule has 2 aliphatic rings. The second kappa shape index (κ2) is 11.8. The van der Waals surface area contributed by atoms with E-state index < -0.39 is 46.6 Å². The van der Waals surface area contributed by atoms with E-state index in [0.717, 1.165) is 5.56 Å². The summed E-state index contributed by atoms with van der Waals surface area (Å²) in [7, 11) is -4.67. The van der Waals surface area contributed by atoms with Crippen LogP contribution >= 0.6 is 0 Å². The molecule has 1 aromatic carbocycles. The molecule has 1 aliphatic carbocycles. The first kappa shape index (κ1) is 31.5. The standard InChI is InChI=1S/C28H45NO8Si2/c1-10-33-26(32)34-19-21-16-22(30)28(17-23(31)29(28)35-18-20-14-12-11-13-15-20)25(37-38(5,6)7)24(21)36-39(8,9)27(2,3)4/h11-16,22,24-25,30H,10,17-19H2,1-9H3/t22-,24-,25-,28-/m1/s1. The largest absolute Gasteiger partial charge is 0.508 e. The lowest BCUT2D eigenvalue weighted by Gasteiger charge is -2.60. The van der Waals surface area contributed by atoms with Crippen LogP contribution in [0.5, 0.6) is 0 Å². The van der Waals surface area contributed by atoms with E-state index in [1.807, 2.05) is 30.3 Å². The molecule has 1 amide bonds. The molecule has 0 radical (unpaired) electrons. The summed E-state index contributed by atoms with van der Waals surface area (Å²) in [6.45, 7) is 18.8. The van der Waals surface area contributed by atoms with E-state index in [-0.39, 0.29) is 37.2 Å². The smallest absolute Gasteiger partial charge is 0.435 e. The molecule has 1 N–H and O–H groups in total. The third-order valence-corrected chi connectivity index (χ3v) is 13.0. The average Bonchev–Trinajstić information content (AvgIpc) is 2.81. The van der Waals surface area contributed by atoms with Crippen molar-refractivity contribution in [2.24, 2.45) is 0 Å². The Morgan fingerprint density at radius 2 is 1.69 bits per heavy atom. The molecule has 1 saturated heterocycles. The molecule has 9 nitrogen and oxygen atoms in total. The maximum absolute atomic E-state index is 13.0. The van der Waals surface area contributed by atoms with Crippen LogP contribution in [0.15, 0.2) is 42.0 Å². The van der Waals surface area contributed by atoms with Gasteiger partial charge in [-0.05, 0) is 61.9 Å². The van der Waals surface area contributed by atoms with Crippen molar-refractivity contribution >= 4 is 28.7 Å². The highest BCUT2D eigenvalue weighted by Gasteiger charge is 2.67. The van der Waals surface area contributed by atoms with Crippen molar-refractivity contribution < 1.29 is 37.9 Å². The molecule has 1 aliphatic heterocycles. The quantitative estimate of drug-likeness (QED) is 0.175. The first-order valence-corrected chi connectivity index (χ1v) is 19.9. The maximum Gasteiger partial charge on any atom is 0.508 e. The van der Waals surface area contributed by atoms with Crippen LogP contribution in [0.25, 0.3) is 0 Å². The van der Waals surface area contributed by atoms with Gasteiger partial charge in [-0.25, -0.2) is 9.86 Å². The zero-order chi connectivity index (χ0) is 29.2. The average molecular weight is 580 g/mol. The van der Waals surface area contributed by atoms with Crippen LogP contribution in [0.3, 0.4) is 0 Å². The normalized spacial score (nSPS) is 25.8. The fourth-order valence-corrected chi connectivity index (χ4v) is 6.90. The number of benzene rings is 1. The molecule has 218 valence electrons. The lowest BCUT2D eigenvalue weighted by molar-refractivity contribution is -0.302. The van der Waals surface area contributed by atoms with E-state index in [9.17, 15) is 14.7 Å². The van der Waals surface area contributed by atoms with E-state index in [2.05, 4.69) is 53.5 Å². The molecule has 0 bridgehead atoms. The van der Waals surface area contributed by atoms with Gasteiger partial charge in [0.25, 0.3) is 0 Å². The van der Waals surface area contributed by atoms with Crippen LogP contribution in [0, 0.1) is 0 Å². The second-order valence-corrected chi connectivity index (χ2v) is 21.9. The number of carbonyl (C=O) groups excluding carboxylic acids is 2. The molecular weight excluding hydrogens is 534 g/mol. The summed E-state index contributed by atoms with van der Waals surface area (Å²) in [4.78, 5) is 31.2. The van der Waals surface area contributed by atoms with Crippen molar-refractivity contribution in [3.8, 4) is 0 Å². The van der Waals surface area contributed by atoms with Crippen molar-refractivity contribution in [1.29, 1.82) is 0 Å². The van der Waals surface area contributed by atoms with Crippen molar-refractivity contribution in [3.05, 3.63) is 47.5 Å². The number of aliphatic hydroxyl groups excluding tert-OH is 1. The van der Waals surface area contributed by atoms with E-state index in [0.29, 0.717) is 5.57 Å². The van der Waals surface area contributed by atoms with Crippen LogP contribution in [0.2, 0.25) is 37.8 Å². The molecule has 3 rings (SSSR count). The van der Waals surface area contributed by atoms with Gasteiger partial charge in [0.15, 0.2) is 16.6 Å². The van der Waals surface area contributed by atoms with Gasteiger partial charge in [-0.1, -0.05) is 51.1 Å². The predicted molar refractivity (Wildman–Crippen MR) is 153 cm³/mol. The lowest BCUT2D eigenvalue weighted by Crippen LogP contribution is -2.79. The van der Waals surface area contributed by atoms with Crippen molar-refractivity contribution in [2.75, 3.05) is 13.2 Å². The molecule has 1 aromatic rings. The second-order valence-electron chi connectivity index (χ2n) is 12.7. The minimum Gasteiger partial charge on any atom is -0.435 e. The number of aliphatic hydroxyl groups is 1. The minimum atomic E-state index is -2.41. The number of rotatable bonds is 10. The summed E-state index contributed by atoms with van der Waals surface area (Å²) < 4.78 is 24.1. The summed E-state index contributed by atoms with van der Waals surface area (Å²) in [6.07, 6.45) is -1.68. The Morgan fingerprint density at radius 3 is 2.23 bits per heavy atom. The highest BCUT2D eigenvalue weighted by Crippen LogP contribution is 2.49. The molecule has 0 unspecified atom stereocenters. The van der Waals surface area contributed by atoms with Gasteiger partial charge in [0.05, 0.1) is 19.1 Å². The number of amides is 1. The zero-order valence-corrected chi connectivity index (χ0v) is 26.8. The summed E-state index contributed by atoms with van der Waals surface area (Å²) in [5.74, 6) is -0.236. The van der Waals surface area contributed by atoms with Crippen LogP contribution in [0.1, 0.15) is 39.7 Å². The van der Waals surface area contributed by atoms with Crippen LogP contribution in [-0.2, 0) is 34.6 Å². The van der Waals surface area contributed by atoms with Gasteiger partial charge < -0.3 is 23.4 Å². The Morgan fingerprint density at radius 1 is 1.05 bits per heavy atom. The molecular formula is C28H45NO8Si2. The number of hydrogen-bond donors (Lipinski definition) is 1. The van der Waals surface area contributed by atoms with E-state index in [1.54, 1.807) is 13.0 Å².